The van der Waals surface area contributed by atoms with Crippen LogP contribution in [0.4, 0.5) is 0 Å². The Balaban J connectivity index is 2.08. The maximum Gasteiger partial charge on any atom is 0.231 e. The van der Waals surface area contributed by atoms with Crippen LogP contribution < -0.4 is 10.1 Å². The molecule has 3 rings (SSSR count). The van der Waals surface area contributed by atoms with Gasteiger partial charge in [0.05, 0.1) is 12.9 Å². The zero-order valence-electron chi connectivity index (χ0n) is 14.2. The SMILES string of the molecule is COc1ccc(-c2ccncc2C2(CC(C)C)NC(=O)CS2)cc1. The number of pyridine rings is 1. The van der Waals surface area contributed by atoms with Gasteiger partial charge in [-0.25, -0.2) is 0 Å². The van der Waals surface area contributed by atoms with Gasteiger partial charge < -0.3 is 10.1 Å². The molecule has 1 atom stereocenters. The minimum absolute atomic E-state index is 0.0881. The van der Waals surface area contributed by atoms with E-state index in [9.17, 15) is 4.79 Å². The number of carbonyl (C=O) groups is 1. The van der Waals surface area contributed by atoms with Crippen LogP contribution in [0, 0.1) is 5.92 Å². The quantitative estimate of drug-likeness (QED) is 0.897. The predicted molar refractivity (Wildman–Crippen MR) is 98.0 cm³/mol. The molecule has 1 saturated heterocycles. The number of ether oxygens (including phenoxy) is 1. The minimum Gasteiger partial charge on any atom is -0.497 e. The van der Waals surface area contributed by atoms with E-state index in [4.69, 9.17) is 4.74 Å². The Kier molecular flexibility index (Phi) is 4.81. The molecular formula is C19H22N2O2S. The molecule has 0 aliphatic carbocycles. The third-order valence-corrected chi connectivity index (χ3v) is 5.53. The summed E-state index contributed by atoms with van der Waals surface area (Å²) in [5.41, 5.74) is 3.26. The molecule has 2 aromatic rings. The Bertz CT molecular complexity index is 730. The number of amides is 1. The summed E-state index contributed by atoms with van der Waals surface area (Å²) in [5.74, 6) is 1.86. The lowest BCUT2D eigenvalue weighted by atomic mass is 9.91. The lowest BCUT2D eigenvalue weighted by Gasteiger charge is -2.32. The third kappa shape index (κ3) is 3.26. The van der Waals surface area contributed by atoms with Crippen molar-refractivity contribution < 1.29 is 9.53 Å². The molecule has 1 N–H and O–H groups in total. The molecule has 1 aliphatic heterocycles. The van der Waals surface area contributed by atoms with E-state index in [2.05, 4.69) is 24.1 Å². The van der Waals surface area contributed by atoms with Gasteiger partial charge in [-0.15, -0.1) is 11.8 Å². The van der Waals surface area contributed by atoms with E-state index in [1.54, 1.807) is 25.1 Å². The number of aromatic nitrogens is 1. The van der Waals surface area contributed by atoms with Gasteiger partial charge in [0.15, 0.2) is 0 Å². The number of rotatable bonds is 5. The molecule has 1 aromatic carbocycles. The molecule has 126 valence electrons. The van der Waals surface area contributed by atoms with E-state index in [0.29, 0.717) is 11.7 Å². The Morgan fingerprint density at radius 3 is 2.62 bits per heavy atom. The maximum absolute atomic E-state index is 12.0. The Labute approximate surface area is 147 Å². The highest BCUT2D eigenvalue weighted by molar-refractivity contribution is 8.01. The molecule has 0 radical (unpaired) electrons. The number of nitrogens with one attached hydrogen (secondary N) is 1. The standard InChI is InChI=1S/C19H22N2O2S/c1-13(2)10-19(21-18(22)12-24-19)17-11-20-9-8-16(17)14-4-6-15(23-3)7-5-14/h4-9,11,13H,10,12H2,1-3H3,(H,21,22). The number of nitrogens with zero attached hydrogens (tertiary/aromatic N) is 1. The largest absolute Gasteiger partial charge is 0.497 e. The van der Waals surface area contributed by atoms with Crippen LogP contribution in [0.3, 0.4) is 0 Å². The first kappa shape index (κ1) is 16.8. The average molecular weight is 342 g/mol. The second kappa shape index (κ2) is 6.85. The van der Waals surface area contributed by atoms with Crippen LogP contribution in [0.1, 0.15) is 25.8 Å². The van der Waals surface area contributed by atoms with Crippen molar-refractivity contribution >= 4 is 17.7 Å². The molecule has 0 bridgehead atoms. The van der Waals surface area contributed by atoms with E-state index in [1.807, 2.05) is 36.5 Å². The highest BCUT2D eigenvalue weighted by Crippen LogP contribution is 2.46. The van der Waals surface area contributed by atoms with Crippen LogP contribution in [0.5, 0.6) is 5.75 Å². The molecule has 1 amide bonds. The van der Waals surface area contributed by atoms with E-state index in [0.717, 1.165) is 28.9 Å². The number of carbonyl (C=O) groups excluding carboxylic acids is 1. The molecule has 0 saturated carbocycles. The van der Waals surface area contributed by atoms with Gasteiger partial charge in [0, 0.05) is 18.0 Å². The first-order valence-corrected chi connectivity index (χ1v) is 9.06. The van der Waals surface area contributed by atoms with Crippen molar-refractivity contribution in [3.05, 3.63) is 48.3 Å². The second-order valence-corrected chi connectivity index (χ2v) is 7.69. The van der Waals surface area contributed by atoms with Crippen LogP contribution in [-0.2, 0) is 9.67 Å². The summed E-state index contributed by atoms with van der Waals surface area (Å²) in [6.45, 7) is 4.35. The number of methoxy groups -OCH3 is 1. The summed E-state index contributed by atoms with van der Waals surface area (Å²) < 4.78 is 5.25. The monoisotopic (exact) mass is 342 g/mol. The van der Waals surface area contributed by atoms with Crippen molar-refractivity contribution in [3.8, 4) is 16.9 Å². The van der Waals surface area contributed by atoms with Crippen molar-refractivity contribution in [3.63, 3.8) is 0 Å². The summed E-state index contributed by atoms with van der Waals surface area (Å²) in [6, 6.07) is 10.0. The lowest BCUT2D eigenvalue weighted by Crippen LogP contribution is -2.38. The normalized spacial score (nSPS) is 20.2. The maximum atomic E-state index is 12.0. The van der Waals surface area contributed by atoms with E-state index >= 15 is 0 Å². The Morgan fingerprint density at radius 1 is 1.29 bits per heavy atom. The van der Waals surface area contributed by atoms with E-state index in [1.165, 1.54) is 0 Å². The molecule has 1 aromatic heterocycles. The topological polar surface area (TPSA) is 51.2 Å². The highest BCUT2D eigenvalue weighted by atomic mass is 32.2. The zero-order chi connectivity index (χ0) is 17.2. The fraction of sp³-hybridized carbons (Fsp3) is 0.368. The fourth-order valence-electron chi connectivity index (χ4n) is 3.16. The van der Waals surface area contributed by atoms with Gasteiger partial charge in [-0.2, -0.15) is 0 Å². The number of hydrogen-bond acceptors (Lipinski definition) is 4. The number of thioether (sulfide) groups is 1. The van der Waals surface area contributed by atoms with Gasteiger partial charge in [-0.3, -0.25) is 9.78 Å². The van der Waals surface area contributed by atoms with Gasteiger partial charge in [0.25, 0.3) is 0 Å². The van der Waals surface area contributed by atoms with Crippen LogP contribution >= 0.6 is 11.8 Å². The summed E-state index contributed by atoms with van der Waals surface area (Å²) >= 11 is 1.67. The summed E-state index contributed by atoms with van der Waals surface area (Å²) in [7, 11) is 1.66. The summed E-state index contributed by atoms with van der Waals surface area (Å²) in [6.07, 6.45) is 4.56. The Morgan fingerprint density at radius 2 is 2.04 bits per heavy atom. The van der Waals surface area contributed by atoms with Crippen LogP contribution in [0.25, 0.3) is 11.1 Å². The molecule has 1 aliphatic rings. The smallest absolute Gasteiger partial charge is 0.231 e. The minimum atomic E-state index is -0.408. The van der Waals surface area contributed by atoms with Crippen LogP contribution in [0.2, 0.25) is 0 Å². The van der Waals surface area contributed by atoms with Gasteiger partial charge in [0.1, 0.15) is 10.6 Å². The molecular weight excluding hydrogens is 320 g/mol. The van der Waals surface area contributed by atoms with Gasteiger partial charge >= 0.3 is 0 Å². The number of benzene rings is 1. The zero-order valence-corrected chi connectivity index (χ0v) is 15.0. The molecule has 5 heteroatoms. The number of hydrogen-bond donors (Lipinski definition) is 1. The molecule has 1 unspecified atom stereocenters. The van der Waals surface area contributed by atoms with Crippen molar-refractivity contribution in [1.82, 2.24) is 10.3 Å². The predicted octanol–water partition coefficient (Wildman–Crippen LogP) is 3.82. The molecule has 0 spiro atoms. The fourth-order valence-corrected chi connectivity index (χ4v) is 4.57. The van der Waals surface area contributed by atoms with E-state index < -0.39 is 4.87 Å². The molecule has 4 nitrogen and oxygen atoms in total. The van der Waals surface area contributed by atoms with E-state index in [-0.39, 0.29) is 5.91 Å². The van der Waals surface area contributed by atoms with Crippen molar-refractivity contribution in [1.29, 1.82) is 0 Å². The van der Waals surface area contributed by atoms with Gasteiger partial charge in [0.2, 0.25) is 5.91 Å². The van der Waals surface area contributed by atoms with Crippen molar-refractivity contribution in [2.24, 2.45) is 5.92 Å². The van der Waals surface area contributed by atoms with Crippen molar-refractivity contribution in [2.45, 2.75) is 25.1 Å². The third-order valence-electron chi connectivity index (χ3n) is 4.14. The first-order valence-electron chi connectivity index (χ1n) is 8.08. The molecule has 24 heavy (non-hydrogen) atoms. The molecule has 2 heterocycles. The summed E-state index contributed by atoms with van der Waals surface area (Å²) in [5, 5.41) is 3.21. The Hall–Kier alpha value is -2.01. The first-order chi connectivity index (χ1) is 11.5. The van der Waals surface area contributed by atoms with Gasteiger partial charge in [-0.1, -0.05) is 26.0 Å². The average Bonchev–Trinajstić information content (AvgIpc) is 2.96. The molecule has 1 fully saturated rings. The second-order valence-electron chi connectivity index (χ2n) is 6.41. The highest BCUT2D eigenvalue weighted by Gasteiger charge is 2.42. The summed E-state index contributed by atoms with van der Waals surface area (Å²) in [4.78, 5) is 15.9. The van der Waals surface area contributed by atoms with Crippen molar-refractivity contribution in [2.75, 3.05) is 12.9 Å². The van der Waals surface area contributed by atoms with Gasteiger partial charge in [-0.05, 0) is 41.7 Å². The lowest BCUT2D eigenvalue weighted by molar-refractivity contribution is -0.118. The van der Waals surface area contributed by atoms with Crippen LogP contribution in [0.15, 0.2) is 42.7 Å². The van der Waals surface area contributed by atoms with Crippen LogP contribution in [-0.4, -0.2) is 23.8 Å².